The van der Waals surface area contributed by atoms with Crippen LogP contribution in [-0.2, 0) is 0 Å². The van der Waals surface area contributed by atoms with Gasteiger partial charge >= 0.3 is 0 Å². The molecule has 2 aromatic rings. The van der Waals surface area contributed by atoms with Gasteiger partial charge in [-0.1, -0.05) is 13.8 Å². The van der Waals surface area contributed by atoms with Gasteiger partial charge in [-0.3, -0.25) is 4.79 Å². The van der Waals surface area contributed by atoms with Crippen molar-refractivity contribution < 1.29 is 9.21 Å². The van der Waals surface area contributed by atoms with Gasteiger partial charge in [-0.05, 0) is 59.9 Å². The Labute approximate surface area is 132 Å². The molecule has 0 unspecified atom stereocenters. The summed E-state index contributed by atoms with van der Waals surface area (Å²) < 4.78 is 6.70. The Kier molecular flexibility index (Phi) is 5.42. The quantitative estimate of drug-likeness (QED) is 0.777. The molecule has 0 aliphatic rings. The highest BCUT2D eigenvalue weighted by Crippen LogP contribution is 2.21. The van der Waals surface area contributed by atoms with Crippen molar-refractivity contribution in [1.29, 1.82) is 0 Å². The molecule has 1 heterocycles. The number of halogens is 1. The zero-order valence-corrected chi connectivity index (χ0v) is 13.9. The van der Waals surface area contributed by atoms with Crippen LogP contribution in [-0.4, -0.2) is 37.0 Å². The van der Waals surface area contributed by atoms with Crippen LogP contribution >= 0.6 is 22.6 Å². The Morgan fingerprint density at radius 2 is 2.05 bits per heavy atom. The van der Waals surface area contributed by atoms with Gasteiger partial charge < -0.3 is 14.6 Å². The van der Waals surface area contributed by atoms with Crippen LogP contribution in [0, 0.1) is 3.57 Å². The number of carbonyl (C=O) groups excluding carboxylic acids is 1. The maximum Gasteiger partial charge on any atom is 0.287 e. The molecular weight excluding hydrogens is 367 g/mol. The van der Waals surface area contributed by atoms with Gasteiger partial charge in [-0.25, -0.2) is 0 Å². The maximum atomic E-state index is 12.0. The van der Waals surface area contributed by atoms with Crippen LogP contribution in [0.25, 0.3) is 11.0 Å². The summed E-state index contributed by atoms with van der Waals surface area (Å²) in [4.78, 5) is 14.3. The van der Waals surface area contributed by atoms with E-state index >= 15 is 0 Å². The third-order valence-electron chi connectivity index (χ3n) is 3.31. The fourth-order valence-electron chi connectivity index (χ4n) is 2.08. The smallest absolute Gasteiger partial charge is 0.287 e. The second-order valence-electron chi connectivity index (χ2n) is 4.58. The molecule has 5 heteroatoms. The summed E-state index contributed by atoms with van der Waals surface area (Å²) in [6.07, 6.45) is 0. The van der Waals surface area contributed by atoms with Crippen LogP contribution in [0.4, 0.5) is 0 Å². The largest absolute Gasteiger partial charge is 0.451 e. The number of carbonyl (C=O) groups is 1. The van der Waals surface area contributed by atoms with Gasteiger partial charge in [0.1, 0.15) is 5.58 Å². The lowest BCUT2D eigenvalue weighted by Crippen LogP contribution is -2.34. The van der Waals surface area contributed by atoms with Gasteiger partial charge in [0.15, 0.2) is 5.76 Å². The Morgan fingerprint density at radius 1 is 1.30 bits per heavy atom. The van der Waals surface area contributed by atoms with Crippen molar-refractivity contribution >= 4 is 39.5 Å². The molecule has 0 bridgehead atoms. The van der Waals surface area contributed by atoms with E-state index in [4.69, 9.17) is 4.42 Å². The lowest BCUT2D eigenvalue weighted by Gasteiger charge is -2.17. The molecule has 2 rings (SSSR count). The molecule has 0 spiro atoms. The monoisotopic (exact) mass is 386 g/mol. The average molecular weight is 386 g/mol. The van der Waals surface area contributed by atoms with E-state index in [0.717, 1.165) is 34.2 Å². The van der Waals surface area contributed by atoms with Crippen molar-refractivity contribution in [2.24, 2.45) is 0 Å². The first-order chi connectivity index (χ1) is 9.63. The van der Waals surface area contributed by atoms with Gasteiger partial charge in [-0.2, -0.15) is 0 Å². The number of hydrogen-bond acceptors (Lipinski definition) is 3. The Bertz CT molecular complexity index is 591. The van der Waals surface area contributed by atoms with E-state index in [2.05, 4.69) is 46.7 Å². The van der Waals surface area contributed by atoms with E-state index in [9.17, 15) is 4.79 Å². The van der Waals surface area contributed by atoms with Crippen LogP contribution in [0.3, 0.4) is 0 Å². The van der Waals surface area contributed by atoms with Crippen LogP contribution in [0.1, 0.15) is 24.4 Å². The number of furan rings is 1. The van der Waals surface area contributed by atoms with Crippen molar-refractivity contribution in [3.63, 3.8) is 0 Å². The van der Waals surface area contributed by atoms with Crippen molar-refractivity contribution in [2.45, 2.75) is 13.8 Å². The third-order valence-corrected chi connectivity index (χ3v) is 3.98. The molecule has 0 radical (unpaired) electrons. The summed E-state index contributed by atoms with van der Waals surface area (Å²) in [5.74, 6) is 0.227. The minimum atomic E-state index is -0.150. The van der Waals surface area contributed by atoms with E-state index < -0.39 is 0 Å². The number of nitrogens with one attached hydrogen (secondary N) is 1. The number of likely N-dealkylation sites (N-methyl/N-ethyl adjacent to an activating group) is 1. The molecule has 0 saturated heterocycles. The van der Waals surface area contributed by atoms with Crippen molar-refractivity contribution in [3.8, 4) is 0 Å². The number of hydrogen-bond donors (Lipinski definition) is 1. The van der Waals surface area contributed by atoms with E-state index in [1.807, 2.05) is 18.2 Å². The summed E-state index contributed by atoms with van der Waals surface area (Å²) in [7, 11) is 0. The molecule has 0 aliphatic heterocycles. The van der Waals surface area contributed by atoms with Gasteiger partial charge in [0, 0.05) is 22.0 Å². The Morgan fingerprint density at radius 3 is 2.75 bits per heavy atom. The minimum absolute atomic E-state index is 0.150. The molecule has 108 valence electrons. The zero-order chi connectivity index (χ0) is 14.5. The summed E-state index contributed by atoms with van der Waals surface area (Å²) in [6.45, 7) is 7.72. The average Bonchev–Trinajstić information content (AvgIpc) is 2.86. The fourth-order valence-corrected chi connectivity index (χ4v) is 2.60. The molecule has 0 saturated carbocycles. The Balaban J connectivity index is 1.97. The molecule has 20 heavy (non-hydrogen) atoms. The second-order valence-corrected chi connectivity index (χ2v) is 5.82. The fraction of sp³-hybridized carbons (Fsp3) is 0.400. The minimum Gasteiger partial charge on any atom is -0.451 e. The van der Waals surface area contributed by atoms with E-state index in [0.29, 0.717) is 12.3 Å². The standard InChI is InChI=1S/C15H19IN2O2/c1-3-18(4-2)8-7-17-15(19)14-10-11-9-12(16)5-6-13(11)20-14/h5-6,9-10H,3-4,7-8H2,1-2H3,(H,17,19). The summed E-state index contributed by atoms with van der Waals surface area (Å²) in [5.41, 5.74) is 0.749. The first-order valence-electron chi connectivity index (χ1n) is 6.83. The summed E-state index contributed by atoms with van der Waals surface area (Å²) in [5, 5.41) is 3.86. The number of rotatable bonds is 6. The first-order valence-corrected chi connectivity index (χ1v) is 7.91. The van der Waals surface area contributed by atoms with Crippen LogP contribution in [0.2, 0.25) is 0 Å². The molecule has 1 aromatic carbocycles. The zero-order valence-electron chi connectivity index (χ0n) is 11.8. The van der Waals surface area contributed by atoms with E-state index in [-0.39, 0.29) is 5.91 Å². The predicted molar refractivity (Wildman–Crippen MR) is 89.1 cm³/mol. The number of fused-ring (bicyclic) bond motifs is 1. The van der Waals surface area contributed by atoms with Crippen molar-refractivity contribution in [1.82, 2.24) is 10.2 Å². The third kappa shape index (κ3) is 3.73. The summed E-state index contributed by atoms with van der Waals surface area (Å²) in [6, 6.07) is 7.66. The van der Waals surface area contributed by atoms with Gasteiger partial charge in [0.25, 0.3) is 5.91 Å². The lowest BCUT2D eigenvalue weighted by molar-refractivity contribution is 0.0923. The molecule has 4 nitrogen and oxygen atoms in total. The highest BCUT2D eigenvalue weighted by atomic mass is 127. The topological polar surface area (TPSA) is 45.5 Å². The molecule has 1 amide bonds. The van der Waals surface area contributed by atoms with E-state index in [1.165, 1.54) is 0 Å². The van der Waals surface area contributed by atoms with Gasteiger partial charge in [0.05, 0.1) is 0 Å². The number of amides is 1. The highest BCUT2D eigenvalue weighted by Gasteiger charge is 2.12. The number of nitrogens with zero attached hydrogens (tertiary/aromatic N) is 1. The molecule has 1 aromatic heterocycles. The molecule has 0 aliphatic carbocycles. The predicted octanol–water partition coefficient (Wildman–Crippen LogP) is 3.11. The lowest BCUT2D eigenvalue weighted by atomic mass is 10.2. The summed E-state index contributed by atoms with van der Waals surface area (Å²) >= 11 is 2.24. The number of benzene rings is 1. The highest BCUT2D eigenvalue weighted by molar-refractivity contribution is 14.1. The van der Waals surface area contributed by atoms with Gasteiger partial charge in [0.2, 0.25) is 0 Å². The second kappa shape index (κ2) is 7.08. The Hall–Kier alpha value is -1.08. The molecule has 0 atom stereocenters. The van der Waals surface area contributed by atoms with E-state index in [1.54, 1.807) is 6.07 Å². The molecular formula is C15H19IN2O2. The molecule has 0 fully saturated rings. The molecule has 1 N–H and O–H groups in total. The van der Waals surface area contributed by atoms with Crippen LogP contribution in [0.5, 0.6) is 0 Å². The van der Waals surface area contributed by atoms with Crippen LogP contribution in [0.15, 0.2) is 28.7 Å². The van der Waals surface area contributed by atoms with Crippen molar-refractivity contribution in [2.75, 3.05) is 26.2 Å². The SMILES string of the molecule is CCN(CC)CCNC(=O)c1cc2cc(I)ccc2o1. The maximum absolute atomic E-state index is 12.0. The van der Waals surface area contributed by atoms with Crippen molar-refractivity contribution in [3.05, 3.63) is 33.6 Å². The van der Waals surface area contributed by atoms with Crippen LogP contribution < -0.4 is 5.32 Å². The van der Waals surface area contributed by atoms with Gasteiger partial charge in [-0.15, -0.1) is 0 Å². The first kappa shape index (κ1) is 15.3. The normalized spacial score (nSPS) is 11.2.